The Morgan fingerprint density at radius 2 is 2.20 bits per heavy atom. The van der Waals surface area contributed by atoms with E-state index in [0.717, 1.165) is 13.2 Å². The molecule has 0 aliphatic rings. The van der Waals surface area contributed by atoms with E-state index in [2.05, 4.69) is 50.5 Å². The monoisotopic (exact) mass is 227 g/mol. The summed E-state index contributed by atoms with van der Waals surface area (Å²) in [4.78, 5) is 1.38. The normalized spacial score (nSPS) is 14.1. The molecule has 1 aromatic rings. The highest BCUT2D eigenvalue weighted by Gasteiger charge is 2.10. The molecule has 1 aromatic heterocycles. The summed E-state index contributed by atoms with van der Waals surface area (Å²) in [5, 5.41) is 5.55. The maximum Gasteiger partial charge on any atom is 0.0599 e. The average Bonchev–Trinajstić information content (AvgIpc) is 2.63. The van der Waals surface area contributed by atoms with E-state index in [-0.39, 0.29) is 5.60 Å². The smallest absolute Gasteiger partial charge is 0.0599 e. The third-order valence-electron chi connectivity index (χ3n) is 2.06. The van der Waals surface area contributed by atoms with Gasteiger partial charge in [0.15, 0.2) is 0 Å². The van der Waals surface area contributed by atoms with Crippen molar-refractivity contribution in [3.05, 3.63) is 22.4 Å². The summed E-state index contributed by atoms with van der Waals surface area (Å²) in [6.45, 7) is 10.1. The summed E-state index contributed by atoms with van der Waals surface area (Å²) in [5.41, 5.74) is -0.0339. The van der Waals surface area contributed by atoms with Gasteiger partial charge in [-0.15, -0.1) is 11.3 Å². The number of thiophene rings is 1. The van der Waals surface area contributed by atoms with Gasteiger partial charge in [-0.25, -0.2) is 0 Å². The highest BCUT2D eigenvalue weighted by Crippen LogP contribution is 2.17. The molecular weight excluding hydrogens is 206 g/mol. The molecule has 0 spiro atoms. The molecule has 15 heavy (non-hydrogen) atoms. The molecule has 86 valence electrons. The Labute approximate surface area is 96.7 Å². The van der Waals surface area contributed by atoms with Crippen molar-refractivity contribution in [3.63, 3.8) is 0 Å². The molecule has 0 aromatic carbocycles. The van der Waals surface area contributed by atoms with E-state index in [1.165, 1.54) is 4.88 Å². The van der Waals surface area contributed by atoms with Crippen LogP contribution in [0, 0.1) is 0 Å². The minimum Gasteiger partial charge on any atom is -0.375 e. The van der Waals surface area contributed by atoms with Crippen LogP contribution in [0.2, 0.25) is 0 Å². The van der Waals surface area contributed by atoms with E-state index in [0.29, 0.717) is 6.04 Å². The maximum atomic E-state index is 5.64. The Morgan fingerprint density at radius 1 is 1.47 bits per heavy atom. The molecule has 1 rings (SSSR count). The number of hydrogen-bond acceptors (Lipinski definition) is 3. The second kappa shape index (κ2) is 5.64. The van der Waals surface area contributed by atoms with E-state index in [1.54, 1.807) is 11.3 Å². The lowest BCUT2D eigenvalue weighted by Crippen LogP contribution is -2.27. The molecule has 0 saturated heterocycles. The van der Waals surface area contributed by atoms with E-state index in [1.807, 2.05) is 0 Å². The first-order chi connectivity index (χ1) is 6.99. The Hall–Kier alpha value is -0.380. The number of rotatable bonds is 5. The van der Waals surface area contributed by atoms with E-state index < -0.39 is 0 Å². The van der Waals surface area contributed by atoms with Gasteiger partial charge in [-0.05, 0) is 39.1 Å². The summed E-state index contributed by atoms with van der Waals surface area (Å²) >= 11 is 1.79. The van der Waals surface area contributed by atoms with Crippen LogP contribution in [0.5, 0.6) is 0 Å². The van der Waals surface area contributed by atoms with Gasteiger partial charge in [0.2, 0.25) is 0 Å². The Morgan fingerprint density at radius 3 is 2.73 bits per heavy atom. The SMILES string of the molecule is C[C@H](NCCOC(C)(C)C)c1cccs1. The van der Waals surface area contributed by atoms with Crippen molar-refractivity contribution in [2.45, 2.75) is 39.3 Å². The van der Waals surface area contributed by atoms with Crippen molar-refractivity contribution < 1.29 is 4.74 Å². The van der Waals surface area contributed by atoms with Gasteiger partial charge in [0.1, 0.15) is 0 Å². The predicted molar refractivity (Wildman–Crippen MR) is 66.4 cm³/mol. The molecule has 1 N–H and O–H groups in total. The molecule has 2 nitrogen and oxygen atoms in total. The number of ether oxygens (including phenoxy) is 1. The lowest BCUT2D eigenvalue weighted by Gasteiger charge is -2.20. The average molecular weight is 227 g/mol. The molecule has 1 atom stereocenters. The van der Waals surface area contributed by atoms with Crippen LogP contribution in [-0.4, -0.2) is 18.8 Å². The minimum atomic E-state index is -0.0339. The third kappa shape index (κ3) is 5.30. The summed E-state index contributed by atoms with van der Waals surface area (Å²) < 4.78 is 5.64. The molecule has 0 aliphatic heterocycles. The molecule has 0 unspecified atom stereocenters. The summed E-state index contributed by atoms with van der Waals surface area (Å²) in [6.07, 6.45) is 0. The highest BCUT2D eigenvalue weighted by molar-refractivity contribution is 7.10. The zero-order valence-corrected chi connectivity index (χ0v) is 10.9. The maximum absolute atomic E-state index is 5.64. The van der Waals surface area contributed by atoms with Crippen LogP contribution in [0.1, 0.15) is 38.6 Å². The first-order valence-corrected chi connectivity index (χ1v) is 6.28. The standard InChI is InChI=1S/C12H21NOS/c1-10(11-6-5-9-15-11)13-7-8-14-12(2,3)4/h5-6,9-10,13H,7-8H2,1-4H3/t10-/m0/s1. The molecule has 3 heteroatoms. The van der Waals surface area contributed by atoms with Crippen molar-refractivity contribution in [1.82, 2.24) is 5.32 Å². The van der Waals surface area contributed by atoms with Crippen molar-refractivity contribution >= 4 is 11.3 Å². The van der Waals surface area contributed by atoms with Crippen LogP contribution in [0.25, 0.3) is 0 Å². The van der Waals surface area contributed by atoms with Crippen LogP contribution in [0.15, 0.2) is 17.5 Å². The molecule has 0 bridgehead atoms. The lowest BCUT2D eigenvalue weighted by atomic mass is 10.2. The van der Waals surface area contributed by atoms with Crippen LogP contribution in [-0.2, 0) is 4.74 Å². The van der Waals surface area contributed by atoms with Crippen molar-refractivity contribution in [2.24, 2.45) is 0 Å². The Bertz CT molecular complexity index is 264. The molecular formula is C12H21NOS. The lowest BCUT2D eigenvalue weighted by molar-refractivity contribution is -0.00146. The highest BCUT2D eigenvalue weighted by atomic mass is 32.1. The summed E-state index contributed by atoms with van der Waals surface area (Å²) in [6, 6.07) is 4.67. The first-order valence-electron chi connectivity index (χ1n) is 5.40. The quantitative estimate of drug-likeness (QED) is 0.780. The first kappa shape index (κ1) is 12.7. The fourth-order valence-corrected chi connectivity index (χ4v) is 2.03. The van der Waals surface area contributed by atoms with Crippen molar-refractivity contribution in [2.75, 3.05) is 13.2 Å². The fourth-order valence-electron chi connectivity index (χ4n) is 1.27. The van der Waals surface area contributed by atoms with Gasteiger partial charge in [-0.1, -0.05) is 6.07 Å². The van der Waals surface area contributed by atoms with Crippen LogP contribution in [0.3, 0.4) is 0 Å². The van der Waals surface area contributed by atoms with Crippen molar-refractivity contribution in [1.29, 1.82) is 0 Å². The number of hydrogen-bond donors (Lipinski definition) is 1. The topological polar surface area (TPSA) is 21.3 Å². The number of nitrogens with one attached hydrogen (secondary N) is 1. The van der Waals surface area contributed by atoms with Gasteiger partial charge < -0.3 is 10.1 Å². The Kier molecular flexibility index (Phi) is 4.77. The molecule has 0 aliphatic carbocycles. The van der Waals surface area contributed by atoms with Gasteiger partial charge in [-0.2, -0.15) is 0 Å². The Balaban J connectivity index is 2.16. The zero-order valence-electron chi connectivity index (χ0n) is 10.0. The summed E-state index contributed by atoms with van der Waals surface area (Å²) in [5.74, 6) is 0. The van der Waals surface area contributed by atoms with Gasteiger partial charge >= 0.3 is 0 Å². The second-order valence-electron chi connectivity index (χ2n) is 4.65. The fraction of sp³-hybridized carbons (Fsp3) is 0.667. The van der Waals surface area contributed by atoms with Crippen molar-refractivity contribution in [3.8, 4) is 0 Å². The van der Waals surface area contributed by atoms with Gasteiger partial charge in [0.05, 0.1) is 12.2 Å². The van der Waals surface area contributed by atoms with E-state index >= 15 is 0 Å². The predicted octanol–water partition coefficient (Wildman–Crippen LogP) is 3.21. The molecule has 0 fully saturated rings. The molecule has 0 amide bonds. The largest absolute Gasteiger partial charge is 0.375 e. The van der Waals surface area contributed by atoms with Gasteiger partial charge in [0.25, 0.3) is 0 Å². The van der Waals surface area contributed by atoms with Gasteiger partial charge in [-0.3, -0.25) is 0 Å². The van der Waals surface area contributed by atoms with Gasteiger partial charge in [0, 0.05) is 17.5 Å². The minimum absolute atomic E-state index is 0.0339. The van der Waals surface area contributed by atoms with E-state index in [9.17, 15) is 0 Å². The van der Waals surface area contributed by atoms with Crippen LogP contribution < -0.4 is 5.32 Å². The van der Waals surface area contributed by atoms with E-state index in [4.69, 9.17) is 4.74 Å². The molecule has 1 heterocycles. The molecule has 0 saturated carbocycles. The molecule has 0 radical (unpaired) electrons. The summed E-state index contributed by atoms with van der Waals surface area (Å²) in [7, 11) is 0. The third-order valence-corrected chi connectivity index (χ3v) is 3.11. The zero-order chi connectivity index (χ0) is 11.3. The van der Waals surface area contributed by atoms with Crippen LogP contribution >= 0.6 is 11.3 Å². The second-order valence-corrected chi connectivity index (χ2v) is 5.63. The van der Waals surface area contributed by atoms with Crippen LogP contribution in [0.4, 0.5) is 0 Å².